The second-order valence-electron chi connectivity index (χ2n) is 5.48. The van der Waals surface area contributed by atoms with Gasteiger partial charge >= 0.3 is 5.97 Å². The van der Waals surface area contributed by atoms with Crippen LogP contribution in [0.1, 0.15) is 52.4 Å². The molecule has 1 amide bonds. The molecule has 0 aromatic rings. The molecule has 0 radical (unpaired) electrons. The number of rotatable bonds is 7. The number of carbonyl (C=O) groups is 2. The molecule has 1 rings (SSSR count). The van der Waals surface area contributed by atoms with E-state index in [1.165, 1.54) is 18.4 Å². The summed E-state index contributed by atoms with van der Waals surface area (Å²) in [5, 5.41) is 8.75. The Labute approximate surface area is 115 Å². The molecule has 1 aliphatic rings. The predicted molar refractivity (Wildman–Crippen MR) is 74.8 cm³/mol. The van der Waals surface area contributed by atoms with Crippen LogP contribution in [0.2, 0.25) is 0 Å². The maximum atomic E-state index is 12.0. The number of nitrogens with zero attached hydrogens (tertiary/aromatic N) is 1. The zero-order chi connectivity index (χ0) is 14.3. The normalized spacial score (nSPS) is 15.2. The summed E-state index contributed by atoms with van der Waals surface area (Å²) in [6.07, 6.45) is 7.95. The third kappa shape index (κ3) is 5.90. The highest BCUT2D eigenvalue weighted by Gasteiger charge is 2.18. The minimum Gasteiger partial charge on any atom is -0.481 e. The number of aliphatic carboxylic acids is 1. The van der Waals surface area contributed by atoms with E-state index in [-0.39, 0.29) is 18.2 Å². The second kappa shape index (κ2) is 7.97. The highest BCUT2D eigenvalue weighted by Crippen LogP contribution is 2.20. The Bertz CT molecular complexity index is 347. The third-order valence-corrected chi connectivity index (χ3v) is 3.49. The van der Waals surface area contributed by atoms with Crippen LogP contribution in [0.5, 0.6) is 0 Å². The first-order chi connectivity index (χ1) is 9.00. The van der Waals surface area contributed by atoms with Crippen molar-refractivity contribution in [3.05, 3.63) is 11.6 Å². The molecule has 1 N–H and O–H groups in total. The molecular weight excluding hydrogens is 242 g/mol. The van der Waals surface area contributed by atoms with Crippen molar-refractivity contribution in [2.24, 2.45) is 5.92 Å². The topological polar surface area (TPSA) is 57.6 Å². The van der Waals surface area contributed by atoms with Gasteiger partial charge in [0.2, 0.25) is 5.91 Å². The van der Waals surface area contributed by atoms with Crippen LogP contribution in [0.15, 0.2) is 11.6 Å². The summed E-state index contributed by atoms with van der Waals surface area (Å²) in [4.78, 5) is 24.4. The lowest BCUT2D eigenvalue weighted by Gasteiger charge is -2.25. The Kier molecular flexibility index (Phi) is 6.60. The fourth-order valence-corrected chi connectivity index (χ4v) is 2.34. The van der Waals surface area contributed by atoms with Crippen molar-refractivity contribution in [1.29, 1.82) is 0 Å². The molecule has 0 heterocycles. The van der Waals surface area contributed by atoms with Crippen molar-refractivity contribution in [2.75, 3.05) is 13.1 Å². The highest BCUT2D eigenvalue weighted by molar-refractivity contribution is 5.78. The zero-order valence-electron chi connectivity index (χ0n) is 12.0. The standard InChI is InChI=1S/C15H25NO3/c1-12(2)15(19)16(11-9-14(17)18)10-8-13-6-4-3-5-7-13/h6,12H,3-5,7-11H2,1-2H3,(H,17,18). The average Bonchev–Trinajstić information content (AvgIpc) is 2.39. The maximum Gasteiger partial charge on any atom is 0.305 e. The monoisotopic (exact) mass is 267 g/mol. The number of hydrogen-bond acceptors (Lipinski definition) is 2. The number of carbonyl (C=O) groups excluding carboxylic acids is 1. The Morgan fingerprint density at radius 2 is 2.05 bits per heavy atom. The first kappa shape index (κ1) is 15.7. The van der Waals surface area contributed by atoms with Crippen LogP contribution in [-0.2, 0) is 9.59 Å². The van der Waals surface area contributed by atoms with E-state index >= 15 is 0 Å². The Morgan fingerprint density at radius 1 is 1.32 bits per heavy atom. The fourth-order valence-electron chi connectivity index (χ4n) is 2.34. The Balaban J connectivity index is 2.50. The van der Waals surface area contributed by atoms with Crippen molar-refractivity contribution in [2.45, 2.75) is 52.4 Å². The lowest BCUT2D eigenvalue weighted by atomic mass is 9.97. The van der Waals surface area contributed by atoms with Gasteiger partial charge in [-0.25, -0.2) is 0 Å². The molecule has 1 aliphatic carbocycles. The van der Waals surface area contributed by atoms with E-state index < -0.39 is 5.97 Å². The summed E-state index contributed by atoms with van der Waals surface area (Å²) in [7, 11) is 0. The van der Waals surface area contributed by atoms with Gasteiger partial charge in [-0.15, -0.1) is 0 Å². The smallest absolute Gasteiger partial charge is 0.305 e. The lowest BCUT2D eigenvalue weighted by Crippen LogP contribution is -2.37. The van der Waals surface area contributed by atoms with Crippen LogP contribution in [0.25, 0.3) is 0 Å². The Hall–Kier alpha value is -1.32. The van der Waals surface area contributed by atoms with Crippen LogP contribution >= 0.6 is 0 Å². The minimum absolute atomic E-state index is 0.0253. The molecule has 0 spiro atoms. The van der Waals surface area contributed by atoms with Gasteiger partial charge in [0.25, 0.3) is 0 Å². The summed E-state index contributed by atoms with van der Waals surface area (Å²) in [5.41, 5.74) is 1.42. The van der Waals surface area contributed by atoms with Crippen molar-refractivity contribution in [1.82, 2.24) is 4.90 Å². The van der Waals surface area contributed by atoms with Crippen LogP contribution in [0, 0.1) is 5.92 Å². The zero-order valence-corrected chi connectivity index (χ0v) is 12.0. The minimum atomic E-state index is -0.849. The summed E-state index contributed by atoms with van der Waals surface area (Å²) in [6, 6.07) is 0. The first-order valence-corrected chi connectivity index (χ1v) is 7.19. The summed E-state index contributed by atoms with van der Waals surface area (Å²) in [5.74, 6) is -0.870. The average molecular weight is 267 g/mol. The van der Waals surface area contributed by atoms with Gasteiger partial charge in [0.05, 0.1) is 6.42 Å². The van der Waals surface area contributed by atoms with E-state index in [0.717, 1.165) is 19.3 Å². The molecule has 0 saturated carbocycles. The number of carboxylic acids is 1. The van der Waals surface area contributed by atoms with Gasteiger partial charge in [-0.2, -0.15) is 0 Å². The van der Waals surface area contributed by atoms with Gasteiger partial charge < -0.3 is 10.0 Å². The molecule has 19 heavy (non-hydrogen) atoms. The molecule has 0 saturated heterocycles. The molecule has 4 nitrogen and oxygen atoms in total. The summed E-state index contributed by atoms with van der Waals surface area (Å²) in [6.45, 7) is 4.68. The molecule has 108 valence electrons. The van der Waals surface area contributed by atoms with E-state index in [0.29, 0.717) is 13.1 Å². The van der Waals surface area contributed by atoms with E-state index in [4.69, 9.17) is 5.11 Å². The van der Waals surface area contributed by atoms with Crippen LogP contribution in [0.3, 0.4) is 0 Å². The molecule has 0 bridgehead atoms. The first-order valence-electron chi connectivity index (χ1n) is 7.19. The third-order valence-electron chi connectivity index (χ3n) is 3.49. The van der Waals surface area contributed by atoms with Gasteiger partial charge in [0.1, 0.15) is 0 Å². The molecule has 0 aromatic heterocycles. The van der Waals surface area contributed by atoms with Crippen LogP contribution < -0.4 is 0 Å². The molecule has 0 aliphatic heterocycles. The van der Waals surface area contributed by atoms with Crippen molar-refractivity contribution < 1.29 is 14.7 Å². The largest absolute Gasteiger partial charge is 0.481 e. The van der Waals surface area contributed by atoms with Crippen molar-refractivity contribution in [3.8, 4) is 0 Å². The van der Waals surface area contributed by atoms with E-state index in [2.05, 4.69) is 6.08 Å². The van der Waals surface area contributed by atoms with E-state index in [9.17, 15) is 9.59 Å². The number of allylic oxidation sites excluding steroid dienone is 1. The van der Waals surface area contributed by atoms with Gasteiger partial charge in [0, 0.05) is 19.0 Å². The second-order valence-corrected chi connectivity index (χ2v) is 5.48. The van der Waals surface area contributed by atoms with E-state index in [1.807, 2.05) is 13.8 Å². The number of hydrogen-bond donors (Lipinski definition) is 1. The molecule has 0 fully saturated rings. The van der Waals surface area contributed by atoms with Crippen LogP contribution in [0.4, 0.5) is 0 Å². The quantitative estimate of drug-likeness (QED) is 0.722. The lowest BCUT2D eigenvalue weighted by molar-refractivity contribution is -0.139. The molecule has 0 aromatic carbocycles. The fraction of sp³-hybridized carbons (Fsp3) is 0.733. The van der Waals surface area contributed by atoms with Gasteiger partial charge in [-0.3, -0.25) is 9.59 Å². The van der Waals surface area contributed by atoms with Gasteiger partial charge in [0.15, 0.2) is 0 Å². The number of carboxylic acid groups (broad SMARTS) is 1. The van der Waals surface area contributed by atoms with Crippen LogP contribution in [-0.4, -0.2) is 35.0 Å². The predicted octanol–water partition coefficient (Wildman–Crippen LogP) is 2.84. The van der Waals surface area contributed by atoms with Crippen molar-refractivity contribution in [3.63, 3.8) is 0 Å². The summed E-state index contributed by atoms with van der Waals surface area (Å²) < 4.78 is 0. The van der Waals surface area contributed by atoms with Gasteiger partial charge in [-0.1, -0.05) is 25.5 Å². The maximum absolute atomic E-state index is 12.0. The molecule has 4 heteroatoms. The van der Waals surface area contributed by atoms with E-state index in [1.54, 1.807) is 4.90 Å². The molecule has 0 atom stereocenters. The Morgan fingerprint density at radius 3 is 2.58 bits per heavy atom. The highest BCUT2D eigenvalue weighted by atomic mass is 16.4. The molecule has 0 unspecified atom stereocenters. The summed E-state index contributed by atoms with van der Waals surface area (Å²) >= 11 is 0. The van der Waals surface area contributed by atoms with Gasteiger partial charge in [-0.05, 0) is 32.1 Å². The van der Waals surface area contributed by atoms with Crippen molar-refractivity contribution >= 4 is 11.9 Å². The SMILES string of the molecule is CC(C)C(=O)N(CCC(=O)O)CCC1=CCCCC1. The number of amides is 1. The molecular formula is C15H25NO3.